The average Bonchev–Trinajstić information content (AvgIpc) is 2.18. The Morgan fingerprint density at radius 1 is 1.29 bits per heavy atom. The fourth-order valence-electron chi connectivity index (χ4n) is 1.42. The predicted molar refractivity (Wildman–Crippen MR) is 61.0 cm³/mol. The smallest absolute Gasteiger partial charge is 0.320 e. The van der Waals surface area contributed by atoms with E-state index in [1.165, 1.54) is 6.07 Å². The van der Waals surface area contributed by atoms with Gasteiger partial charge in [-0.3, -0.25) is 9.35 Å². The predicted octanol–water partition coefficient (Wildman–Crippen LogP) is 0.0288. The lowest BCUT2D eigenvalue weighted by molar-refractivity contribution is -0.138. The minimum absolute atomic E-state index is 0.0149. The highest BCUT2D eigenvalue weighted by atomic mass is 32.2. The summed E-state index contributed by atoms with van der Waals surface area (Å²) in [7, 11) is -4.14. The van der Waals surface area contributed by atoms with Gasteiger partial charge in [0, 0.05) is 0 Å². The topological polar surface area (TPSA) is 118 Å². The van der Waals surface area contributed by atoms with Gasteiger partial charge in [0.15, 0.2) is 0 Å². The number of carboxylic acid groups (broad SMARTS) is 1. The highest BCUT2D eigenvalue weighted by molar-refractivity contribution is 7.85. The number of carbonyl (C=O) groups is 1. The second kappa shape index (κ2) is 5.26. The second-order valence-corrected chi connectivity index (χ2v) is 5.10. The zero-order valence-electron chi connectivity index (χ0n) is 8.91. The minimum Gasteiger partial charge on any atom is -0.480 e. The molecule has 0 unspecified atom stereocenters. The zero-order chi connectivity index (χ0) is 13.1. The van der Waals surface area contributed by atoms with Crippen molar-refractivity contribution in [1.82, 2.24) is 0 Å². The molecule has 1 aromatic rings. The van der Waals surface area contributed by atoms with E-state index in [-0.39, 0.29) is 6.42 Å². The molecule has 0 aliphatic rings. The Bertz CT molecular complexity index is 511. The minimum atomic E-state index is -4.14. The Morgan fingerprint density at radius 3 is 2.29 bits per heavy atom. The van der Waals surface area contributed by atoms with Crippen molar-refractivity contribution in [2.24, 2.45) is 5.73 Å². The number of benzene rings is 1. The summed E-state index contributed by atoms with van der Waals surface area (Å²) in [5.74, 6) is -1.71. The monoisotopic (exact) mass is 259 g/mol. The van der Waals surface area contributed by atoms with Crippen LogP contribution in [0.4, 0.5) is 0 Å². The Balaban J connectivity index is 2.96. The molecule has 6 nitrogen and oxygen atoms in total. The first-order valence-corrected chi connectivity index (χ1v) is 6.41. The van der Waals surface area contributed by atoms with Gasteiger partial charge in [-0.1, -0.05) is 24.3 Å². The van der Waals surface area contributed by atoms with Crippen molar-refractivity contribution < 1.29 is 22.9 Å². The van der Waals surface area contributed by atoms with Gasteiger partial charge in [0.1, 0.15) is 11.8 Å². The molecule has 0 amide bonds. The van der Waals surface area contributed by atoms with E-state index in [0.717, 1.165) is 0 Å². The number of nitrogens with two attached hydrogens (primary N) is 1. The van der Waals surface area contributed by atoms with E-state index < -0.39 is 27.9 Å². The van der Waals surface area contributed by atoms with Crippen LogP contribution in [0, 0.1) is 0 Å². The SMILES string of the molecule is N[C@H](Cc1ccccc1CS(=O)(=O)O)C(=O)O. The third kappa shape index (κ3) is 4.51. The summed E-state index contributed by atoms with van der Waals surface area (Å²) in [6, 6.07) is 5.26. The van der Waals surface area contributed by atoms with Gasteiger partial charge in [0.05, 0.1) is 0 Å². The third-order valence-corrected chi connectivity index (χ3v) is 2.89. The summed E-state index contributed by atoms with van der Waals surface area (Å²) in [6.45, 7) is 0. The fraction of sp³-hybridized carbons (Fsp3) is 0.300. The number of aliphatic carboxylic acids is 1. The van der Waals surface area contributed by atoms with Crippen molar-refractivity contribution in [2.75, 3.05) is 0 Å². The summed E-state index contributed by atoms with van der Waals surface area (Å²) in [4.78, 5) is 10.6. The van der Waals surface area contributed by atoms with E-state index in [2.05, 4.69) is 0 Å². The van der Waals surface area contributed by atoms with Crippen LogP contribution in [0.5, 0.6) is 0 Å². The van der Waals surface area contributed by atoms with Crippen molar-refractivity contribution in [3.8, 4) is 0 Å². The maximum absolute atomic E-state index is 10.8. The first kappa shape index (κ1) is 13.6. The summed E-state index contributed by atoms with van der Waals surface area (Å²) >= 11 is 0. The van der Waals surface area contributed by atoms with E-state index in [4.69, 9.17) is 15.4 Å². The molecule has 4 N–H and O–H groups in total. The molecule has 0 spiro atoms. The van der Waals surface area contributed by atoms with Gasteiger partial charge in [0.2, 0.25) is 0 Å². The number of rotatable bonds is 5. The maximum atomic E-state index is 10.8. The third-order valence-electron chi connectivity index (χ3n) is 2.21. The lowest BCUT2D eigenvalue weighted by Crippen LogP contribution is -2.32. The maximum Gasteiger partial charge on any atom is 0.320 e. The summed E-state index contributed by atoms with van der Waals surface area (Å²) < 4.78 is 30.3. The highest BCUT2D eigenvalue weighted by Gasteiger charge is 2.16. The van der Waals surface area contributed by atoms with Crippen LogP contribution in [0.15, 0.2) is 24.3 Å². The summed E-state index contributed by atoms with van der Waals surface area (Å²) in [5.41, 5.74) is 6.22. The Morgan fingerprint density at radius 2 is 1.82 bits per heavy atom. The fourth-order valence-corrected chi connectivity index (χ4v) is 2.09. The molecule has 0 bridgehead atoms. The molecule has 0 saturated heterocycles. The van der Waals surface area contributed by atoms with E-state index in [1.807, 2.05) is 0 Å². The summed E-state index contributed by atoms with van der Waals surface area (Å²) in [6.07, 6.45) is 0.0149. The molecule has 0 heterocycles. The van der Waals surface area contributed by atoms with Gasteiger partial charge in [-0.2, -0.15) is 8.42 Å². The van der Waals surface area contributed by atoms with Gasteiger partial charge in [-0.05, 0) is 17.5 Å². The quantitative estimate of drug-likeness (QED) is 0.642. The molecule has 0 aromatic heterocycles. The molecule has 1 atom stereocenters. The molecule has 94 valence electrons. The molecular weight excluding hydrogens is 246 g/mol. The van der Waals surface area contributed by atoms with Crippen LogP contribution in [-0.2, 0) is 27.1 Å². The standard InChI is InChI=1S/C10H13NO5S/c11-9(10(12)13)5-7-3-1-2-4-8(7)6-17(14,15)16/h1-4,9H,5-6,11H2,(H,12,13)(H,14,15,16)/t9-/m1/s1. The van der Waals surface area contributed by atoms with Crippen molar-refractivity contribution in [3.05, 3.63) is 35.4 Å². The normalized spacial score (nSPS) is 13.3. The lowest BCUT2D eigenvalue weighted by atomic mass is 10.0. The van der Waals surface area contributed by atoms with E-state index >= 15 is 0 Å². The van der Waals surface area contributed by atoms with E-state index in [1.54, 1.807) is 18.2 Å². The largest absolute Gasteiger partial charge is 0.480 e. The van der Waals surface area contributed by atoms with Crippen LogP contribution in [0.1, 0.15) is 11.1 Å². The van der Waals surface area contributed by atoms with Crippen LogP contribution < -0.4 is 5.73 Å². The van der Waals surface area contributed by atoms with Gasteiger partial charge < -0.3 is 10.8 Å². The van der Waals surface area contributed by atoms with Crippen LogP contribution in [0.2, 0.25) is 0 Å². The van der Waals surface area contributed by atoms with Gasteiger partial charge in [-0.25, -0.2) is 0 Å². The Hall–Kier alpha value is -1.44. The van der Waals surface area contributed by atoms with Crippen LogP contribution in [0.25, 0.3) is 0 Å². The number of hydrogen-bond acceptors (Lipinski definition) is 4. The zero-order valence-corrected chi connectivity index (χ0v) is 9.72. The molecule has 1 rings (SSSR count). The number of hydrogen-bond donors (Lipinski definition) is 3. The van der Waals surface area contributed by atoms with Crippen LogP contribution in [-0.4, -0.2) is 30.1 Å². The van der Waals surface area contributed by atoms with Crippen LogP contribution in [0.3, 0.4) is 0 Å². The van der Waals surface area contributed by atoms with E-state index in [0.29, 0.717) is 11.1 Å². The van der Waals surface area contributed by atoms with E-state index in [9.17, 15) is 13.2 Å². The summed E-state index contributed by atoms with van der Waals surface area (Å²) in [5, 5.41) is 8.67. The van der Waals surface area contributed by atoms with Crippen molar-refractivity contribution in [3.63, 3.8) is 0 Å². The number of carboxylic acids is 1. The Labute approximate surface area is 98.8 Å². The van der Waals surface area contributed by atoms with Gasteiger partial charge in [0.25, 0.3) is 10.1 Å². The second-order valence-electron chi connectivity index (χ2n) is 3.64. The lowest BCUT2D eigenvalue weighted by Gasteiger charge is -2.10. The molecule has 7 heteroatoms. The first-order chi connectivity index (χ1) is 7.79. The van der Waals surface area contributed by atoms with Crippen molar-refractivity contribution >= 4 is 16.1 Å². The molecule has 0 saturated carbocycles. The van der Waals surface area contributed by atoms with Gasteiger partial charge >= 0.3 is 5.97 Å². The molecule has 0 aliphatic heterocycles. The van der Waals surface area contributed by atoms with Crippen molar-refractivity contribution in [1.29, 1.82) is 0 Å². The molecule has 17 heavy (non-hydrogen) atoms. The molecule has 0 aliphatic carbocycles. The van der Waals surface area contributed by atoms with Gasteiger partial charge in [-0.15, -0.1) is 0 Å². The van der Waals surface area contributed by atoms with Crippen molar-refractivity contribution in [2.45, 2.75) is 18.2 Å². The van der Waals surface area contributed by atoms with Crippen LogP contribution >= 0.6 is 0 Å². The first-order valence-electron chi connectivity index (χ1n) is 4.80. The molecule has 0 radical (unpaired) electrons. The average molecular weight is 259 g/mol. The molecule has 0 fully saturated rings. The molecular formula is C10H13NO5S. The highest BCUT2D eigenvalue weighted by Crippen LogP contribution is 2.13. The Kier molecular flexibility index (Phi) is 4.22. The molecule has 1 aromatic carbocycles.